The number of aromatic nitrogens is 1. The van der Waals surface area contributed by atoms with Crippen molar-refractivity contribution in [1.82, 2.24) is 4.98 Å². The second-order valence-electron chi connectivity index (χ2n) is 3.10. The predicted molar refractivity (Wildman–Crippen MR) is 59.0 cm³/mol. The second-order valence-corrected chi connectivity index (χ2v) is 4.01. The molecule has 1 heterocycles. The van der Waals surface area contributed by atoms with Gasteiger partial charge in [-0.05, 0) is 41.4 Å². The first-order valence-corrected chi connectivity index (χ1v) is 4.98. The average molecular weight is 258 g/mol. The van der Waals surface area contributed by atoms with E-state index in [1.54, 1.807) is 13.1 Å². The lowest BCUT2D eigenvalue weighted by molar-refractivity contribution is -0.117. The van der Waals surface area contributed by atoms with Crippen LogP contribution < -0.4 is 11.1 Å². The molecule has 1 aromatic rings. The van der Waals surface area contributed by atoms with Crippen LogP contribution >= 0.6 is 15.9 Å². The number of nitrogens with two attached hydrogens (primary N) is 1. The Morgan fingerprint density at radius 3 is 2.86 bits per heavy atom. The number of carbonyl (C=O) groups is 1. The molecule has 1 aromatic heterocycles. The first kappa shape index (κ1) is 11.1. The zero-order chi connectivity index (χ0) is 10.7. The Morgan fingerprint density at radius 2 is 2.36 bits per heavy atom. The average Bonchev–Trinajstić information content (AvgIpc) is 2.09. The number of amides is 1. The summed E-state index contributed by atoms with van der Waals surface area (Å²) >= 11 is 3.29. The van der Waals surface area contributed by atoms with Gasteiger partial charge in [0.25, 0.3) is 0 Å². The summed E-state index contributed by atoms with van der Waals surface area (Å²) in [6.45, 7) is 3.50. The fraction of sp³-hybridized carbons (Fsp3) is 0.333. The van der Waals surface area contributed by atoms with Crippen LogP contribution in [0, 0.1) is 6.92 Å². The molecule has 0 bridgehead atoms. The molecular weight excluding hydrogens is 246 g/mol. The predicted octanol–water partition coefficient (Wildman–Crippen LogP) is 1.44. The highest BCUT2D eigenvalue weighted by molar-refractivity contribution is 9.10. The number of hydrogen-bond donors (Lipinski definition) is 2. The van der Waals surface area contributed by atoms with Crippen molar-refractivity contribution in [3.63, 3.8) is 0 Å². The molecule has 1 unspecified atom stereocenters. The van der Waals surface area contributed by atoms with E-state index in [1.807, 2.05) is 13.0 Å². The van der Waals surface area contributed by atoms with Crippen molar-refractivity contribution >= 4 is 27.7 Å². The molecule has 1 amide bonds. The summed E-state index contributed by atoms with van der Waals surface area (Å²) in [5.74, 6) is 0.318. The molecule has 1 atom stereocenters. The molecular formula is C9H12BrN3O. The second kappa shape index (κ2) is 4.52. The van der Waals surface area contributed by atoms with Gasteiger partial charge >= 0.3 is 0 Å². The highest BCUT2D eigenvalue weighted by Crippen LogP contribution is 2.16. The molecule has 0 saturated heterocycles. The number of pyridine rings is 1. The first-order valence-electron chi connectivity index (χ1n) is 4.19. The summed E-state index contributed by atoms with van der Waals surface area (Å²) in [7, 11) is 0. The van der Waals surface area contributed by atoms with E-state index in [0.717, 1.165) is 10.0 Å². The van der Waals surface area contributed by atoms with Gasteiger partial charge in [-0.3, -0.25) is 4.79 Å². The Labute approximate surface area is 91.0 Å². The molecule has 76 valence electrons. The van der Waals surface area contributed by atoms with E-state index in [9.17, 15) is 4.79 Å². The monoisotopic (exact) mass is 257 g/mol. The van der Waals surface area contributed by atoms with E-state index < -0.39 is 6.04 Å². The van der Waals surface area contributed by atoms with E-state index in [0.29, 0.717) is 5.82 Å². The maximum Gasteiger partial charge on any atom is 0.242 e. The molecule has 0 fully saturated rings. The van der Waals surface area contributed by atoms with E-state index >= 15 is 0 Å². The van der Waals surface area contributed by atoms with Crippen molar-refractivity contribution in [1.29, 1.82) is 0 Å². The molecule has 0 aliphatic carbocycles. The lowest BCUT2D eigenvalue weighted by Gasteiger charge is -2.09. The number of hydrogen-bond acceptors (Lipinski definition) is 3. The minimum absolute atomic E-state index is 0.233. The Morgan fingerprint density at radius 1 is 1.71 bits per heavy atom. The fourth-order valence-corrected chi connectivity index (χ4v) is 1.35. The van der Waals surface area contributed by atoms with Crippen molar-refractivity contribution in [2.75, 3.05) is 5.32 Å². The van der Waals surface area contributed by atoms with E-state index in [2.05, 4.69) is 26.2 Å². The smallest absolute Gasteiger partial charge is 0.242 e. The minimum atomic E-state index is -0.528. The number of rotatable bonds is 2. The topological polar surface area (TPSA) is 68.0 Å². The van der Waals surface area contributed by atoms with Gasteiger partial charge in [-0.2, -0.15) is 0 Å². The summed E-state index contributed by atoms with van der Waals surface area (Å²) in [4.78, 5) is 15.3. The Hall–Kier alpha value is -0.940. The van der Waals surface area contributed by atoms with Crippen LogP contribution in [-0.2, 0) is 4.79 Å². The fourth-order valence-electron chi connectivity index (χ4n) is 0.902. The van der Waals surface area contributed by atoms with Gasteiger partial charge in [-0.1, -0.05) is 0 Å². The molecule has 4 nitrogen and oxygen atoms in total. The van der Waals surface area contributed by atoms with Crippen molar-refractivity contribution in [2.45, 2.75) is 19.9 Å². The van der Waals surface area contributed by atoms with E-state index in [4.69, 9.17) is 5.73 Å². The van der Waals surface area contributed by atoms with Crippen molar-refractivity contribution < 1.29 is 4.79 Å². The molecule has 1 rings (SSSR count). The van der Waals surface area contributed by atoms with Gasteiger partial charge in [0.15, 0.2) is 0 Å². The van der Waals surface area contributed by atoms with Gasteiger partial charge in [0, 0.05) is 10.7 Å². The summed E-state index contributed by atoms with van der Waals surface area (Å²) < 4.78 is 0.883. The van der Waals surface area contributed by atoms with Gasteiger partial charge in [0.05, 0.1) is 6.04 Å². The Balaban J connectivity index is 2.82. The zero-order valence-corrected chi connectivity index (χ0v) is 9.63. The van der Waals surface area contributed by atoms with Crippen molar-refractivity contribution in [3.05, 3.63) is 22.3 Å². The largest absolute Gasteiger partial charge is 0.320 e. The molecule has 3 N–H and O–H groups in total. The summed E-state index contributed by atoms with van der Waals surface area (Å²) in [6, 6.07) is 1.35. The molecule has 5 heteroatoms. The summed E-state index contributed by atoms with van der Waals surface area (Å²) in [5.41, 5.74) is 6.31. The van der Waals surface area contributed by atoms with Crippen LogP contribution in [0.15, 0.2) is 16.7 Å². The van der Waals surface area contributed by atoms with Crippen LogP contribution in [0.4, 0.5) is 5.82 Å². The molecule has 0 aliphatic rings. The van der Waals surface area contributed by atoms with Crippen LogP contribution in [0.2, 0.25) is 0 Å². The van der Waals surface area contributed by atoms with Crippen LogP contribution in [0.3, 0.4) is 0 Å². The number of aryl methyl sites for hydroxylation is 1. The normalized spacial score (nSPS) is 12.3. The van der Waals surface area contributed by atoms with Gasteiger partial charge in [-0.15, -0.1) is 0 Å². The van der Waals surface area contributed by atoms with Gasteiger partial charge < -0.3 is 11.1 Å². The number of carbonyl (C=O) groups excluding carboxylic acids is 1. The highest BCUT2D eigenvalue weighted by Gasteiger charge is 2.09. The first-order chi connectivity index (χ1) is 6.50. The van der Waals surface area contributed by atoms with Crippen LogP contribution in [0.1, 0.15) is 12.5 Å². The minimum Gasteiger partial charge on any atom is -0.320 e. The maximum absolute atomic E-state index is 11.3. The molecule has 0 saturated carbocycles. The number of nitrogens with zero attached hydrogens (tertiary/aromatic N) is 1. The molecule has 0 radical (unpaired) electrons. The third-order valence-electron chi connectivity index (χ3n) is 1.70. The maximum atomic E-state index is 11.3. The van der Waals surface area contributed by atoms with Crippen molar-refractivity contribution in [2.24, 2.45) is 5.73 Å². The van der Waals surface area contributed by atoms with E-state index in [-0.39, 0.29) is 5.91 Å². The summed E-state index contributed by atoms with van der Waals surface area (Å²) in [5, 5.41) is 2.64. The molecule has 0 aromatic carbocycles. The van der Waals surface area contributed by atoms with Crippen LogP contribution in [-0.4, -0.2) is 16.9 Å². The van der Waals surface area contributed by atoms with Crippen LogP contribution in [0.5, 0.6) is 0 Å². The lowest BCUT2D eigenvalue weighted by Crippen LogP contribution is -2.33. The molecule has 14 heavy (non-hydrogen) atoms. The Kier molecular flexibility index (Phi) is 3.60. The van der Waals surface area contributed by atoms with Crippen LogP contribution in [0.25, 0.3) is 0 Å². The zero-order valence-electron chi connectivity index (χ0n) is 8.04. The Bertz CT molecular complexity index is 352. The summed E-state index contributed by atoms with van der Waals surface area (Å²) in [6.07, 6.45) is 1.63. The van der Waals surface area contributed by atoms with E-state index in [1.165, 1.54) is 0 Å². The number of halogens is 1. The molecule has 0 spiro atoms. The molecule has 0 aliphatic heterocycles. The standard InChI is InChI=1S/C9H12BrN3O/c1-5-3-7(10)4-12-8(5)13-9(14)6(2)11/h3-4,6H,11H2,1-2H3,(H,12,13,14). The van der Waals surface area contributed by atoms with Crippen molar-refractivity contribution in [3.8, 4) is 0 Å². The SMILES string of the molecule is Cc1cc(Br)cnc1NC(=O)C(C)N. The van der Waals surface area contributed by atoms with Gasteiger partial charge in [-0.25, -0.2) is 4.98 Å². The van der Waals surface area contributed by atoms with Gasteiger partial charge in [0.1, 0.15) is 5.82 Å². The third kappa shape index (κ3) is 2.78. The number of anilines is 1. The highest BCUT2D eigenvalue weighted by atomic mass is 79.9. The number of nitrogens with one attached hydrogen (secondary N) is 1. The van der Waals surface area contributed by atoms with Gasteiger partial charge in [0.2, 0.25) is 5.91 Å². The third-order valence-corrected chi connectivity index (χ3v) is 2.13. The quantitative estimate of drug-likeness (QED) is 0.843. The lowest BCUT2D eigenvalue weighted by atomic mass is 10.2.